The monoisotopic (exact) mass is 213 g/mol. The normalized spacial score (nSPS) is 10.9. The quantitative estimate of drug-likeness (QED) is 0.611. The van der Waals surface area contributed by atoms with E-state index >= 15 is 0 Å². The number of hydrogen-bond donors (Lipinski definition) is 1. The van der Waals surface area contributed by atoms with E-state index in [0.717, 1.165) is 17.1 Å². The van der Waals surface area contributed by atoms with Crippen LogP contribution in [0.3, 0.4) is 0 Å². The van der Waals surface area contributed by atoms with Crippen molar-refractivity contribution in [2.45, 2.75) is 25.2 Å². The molecule has 1 aromatic rings. The van der Waals surface area contributed by atoms with Gasteiger partial charge in [-0.3, -0.25) is 0 Å². The maximum absolute atomic E-state index is 12.7. The predicted molar refractivity (Wildman–Crippen MR) is 61.0 cm³/mol. The number of anilines is 1. The van der Waals surface area contributed by atoms with E-state index in [4.69, 9.17) is 5.73 Å². The Hall–Kier alpha value is -0.700. The van der Waals surface area contributed by atoms with E-state index in [1.54, 1.807) is 17.8 Å². The number of nitrogen functional groups attached to an aromatic ring is 1. The van der Waals surface area contributed by atoms with Gasteiger partial charge in [-0.05, 0) is 36.3 Å². The smallest absolute Gasteiger partial charge is 0.125 e. The molecular formula is C11H16FNS. The molecule has 0 radical (unpaired) electrons. The molecule has 0 spiro atoms. The zero-order valence-corrected chi connectivity index (χ0v) is 9.40. The molecule has 3 heteroatoms. The second-order valence-electron chi connectivity index (χ2n) is 3.71. The van der Waals surface area contributed by atoms with Crippen LogP contribution in [0, 0.1) is 11.7 Å². The van der Waals surface area contributed by atoms with Crippen LogP contribution in [0.4, 0.5) is 10.1 Å². The second-order valence-corrected chi connectivity index (χ2v) is 4.85. The number of hydrogen-bond acceptors (Lipinski definition) is 2. The average Bonchev–Trinajstić information content (AvgIpc) is 2.08. The lowest BCUT2D eigenvalue weighted by Gasteiger charge is -2.06. The summed E-state index contributed by atoms with van der Waals surface area (Å²) in [7, 11) is 0. The standard InChI is InChI=1S/C11H16FNS/c1-8(2)5-6-14-11-4-3-9(12)7-10(11)13/h3-4,7-8H,5-6,13H2,1-2H3. The largest absolute Gasteiger partial charge is 0.398 e. The molecule has 0 saturated heterocycles. The molecule has 0 aliphatic heterocycles. The van der Waals surface area contributed by atoms with Crippen molar-refractivity contribution >= 4 is 17.4 Å². The summed E-state index contributed by atoms with van der Waals surface area (Å²) in [5, 5.41) is 0. The minimum Gasteiger partial charge on any atom is -0.398 e. The lowest BCUT2D eigenvalue weighted by molar-refractivity contribution is 0.627. The predicted octanol–water partition coefficient (Wildman–Crippen LogP) is 3.55. The fraction of sp³-hybridized carbons (Fsp3) is 0.455. The zero-order chi connectivity index (χ0) is 10.6. The van der Waals surface area contributed by atoms with Crippen molar-refractivity contribution in [1.29, 1.82) is 0 Å². The summed E-state index contributed by atoms with van der Waals surface area (Å²) < 4.78 is 12.7. The Balaban J connectivity index is 2.51. The number of halogens is 1. The van der Waals surface area contributed by atoms with E-state index in [1.807, 2.05) is 0 Å². The third kappa shape index (κ3) is 3.58. The summed E-state index contributed by atoms with van der Waals surface area (Å²) in [6.45, 7) is 4.38. The van der Waals surface area contributed by atoms with Gasteiger partial charge in [0.1, 0.15) is 5.82 Å². The van der Waals surface area contributed by atoms with E-state index < -0.39 is 0 Å². The summed E-state index contributed by atoms with van der Waals surface area (Å²) in [6, 6.07) is 4.57. The van der Waals surface area contributed by atoms with Crippen molar-refractivity contribution in [2.75, 3.05) is 11.5 Å². The summed E-state index contributed by atoms with van der Waals surface area (Å²) in [5.41, 5.74) is 6.22. The van der Waals surface area contributed by atoms with Gasteiger partial charge in [0, 0.05) is 10.6 Å². The molecule has 0 amide bonds. The molecule has 0 aliphatic carbocycles. The highest BCUT2D eigenvalue weighted by Crippen LogP contribution is 2.26. The highest BCUT2D eigenvalue weighted by atomic mass is 32.2. The maximum Gasteiger partial charge on any atom is 0.125 e. The first-order valence-electron chi connectivity index (χ1n) is 4.77. The summed E-state index contributed by atoms with van der Waals surface area (Å²) in [5.74, 6) is 1.47. The summed E-state index contributed by atoms with van der Waals surface area (Å²) in [4.78, 5) is 0.979. The van der Waals surface area contributed by atoms with Crippen molar-refractivity contribution in [3.63, 3.8) is 0 Å². The number of nitrogens with two attached hydrogens (primary N) is 1. The van der Waals surface area contributed by atoms with E-state index in [2.05, 4.69) is 13.8 Å². The fourth-order valence-electron chi connectivity index (χ4n) is 1.06. The molecule has 0 aliphatic rings. The molecule has 0 heterocycles. The molecule has 2 N–H and O–H groups in total. The molecule has 0 bridgehead atoms. The van der Waals surface area contributed by atoms with Gasteiger partial charge in [0.25, 0.3) is 0 Å². The van der Waals surface area contributed by atoms with Crippen molar-refractivity contribution in [2.24, 2.45) is 5.92 Å². The lowest BCUT2D eigenvalue weighted by atomic mass is 10.2. The van der Waals surface area contributed by atoms with E-state index in [-0.39, 0.29) is 5.82 Å². The average molecular weight is 213 g/mol. The second kappa shape index (κ2) is 5.25. The molecule has 0 atom stereocenters. The molecule has 78 valence electrons. The highest BCUT2D eigenvalue weighted by Gasteiger charge is 2.02. The van der Waals surface area contributed by atoms with E-state index in [1.165, 1.54) is 12.1 Å². The molecule has 0 unspecified atom stereocenters. The Morgan fingerprint density at radius 2 is 2.14 bits per heavy atom. The SMILES string of the molecule is CC(C)CCSc1ccc(F)cc1N. The molecular weight excluding hydrogens is 197 g/mol. The van der Waals surface area contributed by atoms with Crippen LogP contribution >= 0.6 is 11.8 Å². The van der Waals surface area contributed by atoms with Gasteiger partial charge in [-0.2, -0.15) is 0 Å². The van der Waals surface area contributed by atoms with Gasteiger partial charge in [0.15, 0.2) is 0 Å². The maximum atomic E-state index is 12.7. The molecule has 1 rings (SSSR count). The minimum absolute atomic E-state index is 0.268. The third-order valence-corrected chi connectivity index (χ3v) is 3.05. The number of thioether (sulfide) groups is 1. The van der Waals surface area contributed by atoms with Gasteiger partial charge in [-0.1, -0.05) is 13.8 Å². The zero-order valence-electron chi connectivity index (χ0n) is 8.59. The first-order chi connectivity index (χ1) is 6.59. The van der Waals surface area contributed by atoms with Crippen LogP contribution in [0.25, 0.3) is 0 Å². The van der Waals surface area contributed by atoms with Crippen LogP contribution in [0.15, 0.2) is 23.1 Å². The van der Waals surface area contributed by atoms with Crippen LogP contribution < -0.4 is 5.73 Å². The summed E-state index contributed by atoms with van der Waals surface area (Å²) in [6.07, 6.45) is 1.15. The Labute approximate surface area is 88.9 Å². The third-order valence-electron chi connectivity index (χ3n) is 1.92. The van der Waals surface area contributed by atoms with E-state index in [9.17, 15) is 4.39 Å². The van der Waals surface area contributed by atoms with Crippen LogP contribution in [-0.2, 0) is 0 Å². The van der Waals surface area contributed by atoms with Crippen LogP contribution in [0.2, 0.25) is 0 Å². The first kappa shape index (κ1) is 11.4. The van der Waals surface area contributed by atoms with Crippen LogP contribution in [0.5, 0.6) is 0 Å². The Kier molecular flexibility index (Phi) is 4.26. The molecule has 1 aromatic carbocycles. The van der Waals surface area contributed by atoms with Crippen molar-refractivity contribution in [3.05, 3.63) is 24.0 Å². The fourth-order valence-corrected chi connectivity index (χ4v) is 2.25. The van der Waals surface area contributed by atoms with Gasteiger partial charge in [0.05, 0.1) is 0 Å². The highest BCUT2D eigenvalue weighted by molar-refractivity contribution is 7.99. The molecule has 0 saturated carbocycles. The summed E-state index contributed by atoms with van der Waals surface area (Å²) >= 11 is 1.69. The molecule has 0 aromatic heterocycles. The van der Waals surface area contributed by atoms with Crippen molar-refractivity contribution in [3.8, 4) is 0 Å². The molecule has 0 fully saturated rings. The van der Waals surface area contributed by atoms with Gasteiger partial charge >= 0.3 is 0 Å². The lowest BCUT2D eigenvalue weighted by Crippen LogP contribution is -1.93. The van der Waals surface area contributed by atoms with Crippen molar-refractivity contribution < 1.29 is 4.39 Å². The van der Waals surface area contributed by atoms with Gasteiger partial charge in [0.2, 0.25) is 0 Å². The van der Waals surface area contributed by atoms with E-state index in [0.29, 0.717) is 11.6 Å². The van der Waals surface area contributed by atoms with Gasteiger partial charge in [-0.15, -0.1) is 11.8 Å². The van der Waals surface area contributed by atoms with Gasteiger partial charge < -0.3 is 5.73 Å². The first-order valence-corrected chi connectivity index (χ1v) is 5.76. The minimum atomic E-state index is -0.268. The van der Waals surface area contributed by atoms with Crippen LogP contribution in [0.1, 0.15) is 20.3 Å². The number of rotatable bonds is 4. The molecule has 14 heavy (non-hydrogen) atoms. The Morgan fingerprint density at radius 3 is 2.71 bits per heavy atom. The Morgan fingerprint density at radius 1 is 1.43 bits per heavy atom. The molecule has 1 nitrogen and oxygen atoms in total. The van der Waals surface area contributed by atoms with Crippen molar-refractivity contribution in [1.82, 2.24) is 0 Å². The number of benzene rings is 1. The Bertz CT molecular complexity index is 299. The van der Waals surface area contributed by atoms with Crippen LogP contribution in [-0.4, -0.2) is 5.75 Å². The van der Waals surface area contributed by atoms with Gasteiger partial charge in [-0.25, -0.2) is 4.39 Å². The topological polar surface area (TPSA) is 26.0 Å².